The molecule has 1 aromatic carbocycles. The summed E-state index contributed by atoms with van der Waals surface area (Å²) >= 11 is 0. The quantitative estimate of drug-likeness (QED) is 0.284. The molecule has 3 aromatic rings. The maximum absolute atomic E-state index is 13.6. The highest BCUT2D eigenvalue weighted by molar-refractivity contribution is 5.90. The van der Waals surface area contributed by atoms with Crippen molar-refractivity contribution < 1.29 is 33.3 Å². The van der Waals surface area contributed by atoms with Crippen molar-refractivity contribution in [3.8, 4) is 17.1 Å². The smallest absolute Gasteiger partial charge is 0.345 e. The van der Waals surface area contributed by atoms with Crippen molar-refractivity contribution in [3.63, 3.8) is 0 Å². The lowest BCUT2D eigenvalue weighted by atomic mass is 9.41. The number of aliphatic hydroxyl groups is 1. The monoisotopic (exact) mass is 616 g/mol. The number of anilines is 1. The lowest BCUT2D eigenvalue weighted by Crippen LogP contribution is -2.70. The topological polar surface area (TPSA) is 151 Å². The van der Waals surface area contributed by atoms with E-state index in [1.165, 1.54) is 6.92 Å². The number of nitrogen functional groups attached to an aromatic ring is 1. The standard InChI is InChI=1S/C35H40N2O8/c1-19-12-13-33(3)26(34(19,4)18-42-20(2)38)16-27(44-31(40)21-8-10-23(36)11-9-21)35(5)30(33)29(39)28-25(45-35)15-24(43-32(28)41)22-7-6-14-37-17-22/h6-11,14-15,17,19,26-27,29-30,39H,12-13,16,18,36H2,1-5H3/t19-,26?,27-,29?,30?,33-,34+,35+/m0/s1. The Bertz CT molecular complexity index is 1670. The van der Waals surface area contributed by atoms with Crippen LogP contribution in [0, 0.1) is 28.6 Å². The average Bonchev–Trinajstić information content (AvgIpc) is 2.99. The van der Waals surface area contributed by atoms with E-state index in [1.54, 1.807) is 54.9 Å². The number of benzene rings is 1. The van der Waals surface area contributed by atoms with Crippen LogP contribution in [0.2, 0.25) is 0 Å². The van der Waals surface area contributed by atoms with E-state index in [2.05, 4.69) is 25.8 Å². The van der Waals surface area contributed by atoms with Crippen LogP contribution in [0.15, 0.2) is 64.1 Å². The normalized spacial score (nSPS) is 33.5. The molecule has 10 heteroatoms. The summed E-state index contributed by atoms with van der Waals surface area (Å²) in [5.74, 6) is -1.18. The van der Waals surface area contributed by atoms with Gasteiger partial charge < -0.3 is 29.5 Å². The summed E-state index contributed by atoms with van der Waals surface area (Å²) in [7, 11) is 0. The Morgan fingerprint density at radius 3 is 2.56 bits per heavy atom. The highest BCUT2D eigenvalue weighted by Gasteiger charge is 2.70. The van der Waals surface area contributed by atoms with Gasteiger partial charge in [-0.05, 0) is 79.8 Å². The number of ether oxygens (including phenoxy) is 3. The number of aromatic nitrogens is 1. The molecule has 1 aliphatic heterocycles. The fraction of sp³-hybridized carbons (Fsp3) is 0.486. The summed E-state index contributed by atoms with van der Waals surface area (Å²) in [4.78, 5) is 43.3. The first kappa shape index (κ1) is 30.8. The van der Waals surface area contributed by atoms with E-state index < -0.39 is 46.2 Å². The molecule has 3 unspecified atom stereocenters. The first-order valence-electron chi connectivity index (χ1n) is 15.4. The maximum atomic E-state index is 13.6. The first-order valence-corrected chi connectivity index (χ1v) is 15.4. The molecule has 0 amide bonds. The first-order chi connectivity index (χ1) is 21.3. The van der Waals surface area contributed by atoms with Crippen LogP contribution >= 0.6 is 0 Å². The molecule has 45 heavy (non-hydrogen) atoms. The van der Waals surface area contributed by atoms with E-state index in [-0.39, 0.29) is 41.5 Å². The Hall–Kier alpha value is -4.18. The van der Waals surface area contributed by atoms with E-state index >= 15 is 0 Å². The minimum absolute atomic E-state index is 0.0379. The summed E-state index contributed by atoms with van der Waals surface area (Å²) in [5, 5.41) is 12.2. The van der Waals surface area contributed by atoms with Gasteiger partial charge in [0.05, 0.1) is 18.3 Å². The van der Waals surface area contributed by atoms with E-state index in [4.69, 9.17) is 24.4 Å². The number of nitrogens with two attached hydrogens (primary N) is 1. The van der Waals surface area contributed by atoms with Crippen molar-refractivity contribution in [2.75, 3.05) is 12.3 Å². The highest BCUT2D eigenvalue weighted by atomic mass is 16.6. The van der Waals surface area contributed by atoms with Crippen molar-refractivity contribution in [3.05, 3.63) is 76.4 Å². The van der Waals surface area contributed by atoms with E-state index in [0.717, 1.165) is 12.8 Å². The molecule has 3 aliphatic rings. The zero-order valence-corrected chi connectivity index (χ0v) is 26.2. The Kier molecular flexibility index (Phi) is 7.54. The third kappa shape index (κ3) is 4.99. The molecule has 0 saturated heterocycles. The van der Waals surface area contributed by atoms with Crippen LogP contribution < -0.4 is 16.1 Å². The predicted octanol–water partition coefficient (Wildman–Crippen LogP) is 5.34. The molecule has 2 aliphatic carbocycles. The molecule has 8 atom stereocenters. The molecule has 2 fully saturated rings. The second-order valence-electron chi connectivity index (χ2n) is 13.7. The summed E-state index contributed by atoms with van der Waals surface area (Å²) in [6.07, 6.45) is 3.00. The second-order valence-corrected chi connectivity index (χ2v) is 13.7. The Morgan fingerprint density at radius 1 is 1.16 bits per heavy atom. The van der Waals surface area contributed by atoms with Gasteiger partial charge in [-0.3, -0.25) is 9.78 Å². The average molecular weight is 617 g/mol. The van der Waals surface area contributed by atoms with Gasteiger partial charge in [0.25, 0.3) is 0 Å². The number of aliphatic hydroxyl groups excluding tert-OH is 1. The number of nitrogens with zero attached hydrogens (tertiary/aromatic N) is 1. The van der Waals surface area contributed by atoms with Gasteiger partial charge in [0, 0.05) is 48.0 Å². The van der Waals surface area contributed by atoms with Gasteiger partial charge in [0.15, 0.2) is 0 Å². The van der Waals surface area contributed by atoms with Crippen LogP contribution in [0.3, 0.4) is 0 Å². The van der Waals surface area contributed by atoms with Crippen LogP contribution in [0.1, 0.15) is 75.9 Å². The van der Waals surface area contributed by atoms with Gasteiger partial charge in [-0.25, -0.2) is 9.59 Å². The van der Waals surface area contributed by atoms with Crippen molar-refractivity contribution in [2.45, 2.75) is 71.7 Å². The van der Waals surface area contributed by atoms with Gasteiger partial charge in [-0.1, -0.05) is 20.8 Å². The molecule has 0 bridgehead atoms. The maximum Gasteiger partial charge on any atom is 0.345 e. The number of esters is 2. The molecule has 0 radical (unpaired) electrons. The number of carbonyl (C=O) groups is 2. The van der Waals surface area contributed by atoms with Crippen molar-refractivity contribution in [1.82, 2.24) is 4.98 Å². The van der Waals surface area contributed by atoms with Crippen molar-refractivity contribution in [2.24, 2.45) is 28.6 Å². The molecule has 3 heterocycles. The predicted molar refractivity (Wildman–Crippen MR) is 165 cm³/mol. The number of carbonyl (C=O) groups excluding carboxylic acids is 2. The Balaban J connectivity index is 1.49. The minimum atomic E-state index is -1.28. The third-order valence-corrected chi connectivity index (χ3v) is 11.1. The summed E-state index contributed by atoms with van der Waals surface area (Å²) < 4.78 is 24.4. The van der Waals surface area contributed by atoms with Gasteiger partial charge in [0.1, 0.15) is 28.8 Å². The molecule has 0 spiro atoms. The SMILES string of the molecule is CC(=O)OC[C@@]1(C)C2C[C@H](OC(=O)c3ccc(N)cc3)[C@@]3(C)Oc4cc(-c5cccnc5)oc(=O)c4C(O)C3[C@@]2(C)CC[C@@H]1C. The third-order valence-electron chi connectivity index (χ3n) is 11.1. The molecular weight excluding hydrogens is 576 g/mol. The fourth-order valence-corrected chi connectivity index (χ4v) is 8.51. The number of pyridine rings is 1. The fourth-order valence-electron chi connectivity index (χ4n) is 8.51. The molecule has 2 aromatic heterocycles. The van der Waals surface area contributed by atoms with Crippen LogP contribution in [0.4, 0.5) is 5.69 Å². The zero-order valence-electron chi connectivity index (χ0n) is 26.2. The Labute approximate surface area is 261 Å². The van der Waals surface area contributed by atoms with Gasteiger partial charge in [-0.2, -0.15) is 0 Å². The summed E-state index contributed by atoms with van der Waals surface area (Å²) in [6, 6.07) is 11.6. The zero-order chi connectivity index (χ0) is 32.3. The van der Waals surface area contributed by atoms with E-state index in [9.17, 15) is 19.5 Å². The van der Waals surface area contributed by atoms with E-state index in [0.29, 0.717) is 23.2 Å². The lowest BCUT2D eigenvalue weighted by Gasteiger charge is -2.66. The molecule has 238 valence electrons. The largest absolute Gasteiger partial charge is 0.482 e. The van der Waals surface area contributed by atoms with Gasteiger partial charge in [-0.15, -0.1) is 0 Å². The molecule has 6 rings (SSSR count). The summed E-state index contributed by atoms with van der Waals surface area (Å²) in [5.41, 5.74) is 4.28. The highest BCUT2D eigenvalue weighted by Crippen LogP contribution is 2.68. The van der Waals surface area contributed by atoms with Crippen LogP contribution in [-0.4, -0.2) is 40.3 Å². The second kappa shape index (κ2) is 11.0. The molecule has 3 N–H and O–H groups in total. The van der Waals surface area contributed by atoms with Crippen molar-refractivity contribution in [1.29, 1.82) is 0 Å². The number of hydrogen-bond acceptors (Lipinski definition) is 10. The molecule has 10 nitrogen and oxygen atoms in total. The van der Waals surface area contributed by atoms with Gasteiger partial charge >= 0.3 is 17.6 Å². The van der Waals surface area contributed by atoms with E-state index in [1.807, 2.05) is 6.92 Å². The molecule has 2 saturated carbocycles. The van der Waals surface area contributed by atoms with Crippen molar-refractivity contribution >= 4 is 17.6 Å². The van der Waals surface area contributed by atoms with Crippen LogP contribution in [-0.2, 0) is 14.3 Å². The number of hydrogen-bond donors (Lipinski definition) is 2. The number of rotatable bonds is 5. The van der Waals surface area contributed by atoms with Gasteiger partial charge in [0.2, 0.25) is 0 Å². The minimum Gasteiger partial charge on any atom is -0.482 e. The summed E-state index contributed by atoms with van der Waals surface area (Å²) in [6.45, 7) is 9.77. The Morgan fingerprint density at radius 2 is 1.89 bits per heavy atom. The lowest BCUT2D eigenvalue weighted by molar-refractivity contribution is -0.257. The van der Waals surface area contributed by atoms with Crippen LogP contribution in [0.25, 0.3) is 11.3 Å². The van der Waals surface area contributed by atoms with Crippen LogP contribution in [0.5, 0.6) is 5.75 Å². The number of fused-ring (bicyclic) bond motifs is 4. The molecular formula is C35H40N2O8.